The Kier molecular flexibility index (Phi) is 3.55. The quantitative estimate of drug-likeness (QED) is 0.205. The van der Waals surface area contributed by atoms with Crippen molar-refractivity contribution in [2.45, 2.75) is 25.0 Å². The van der Waals surface area contributed by atoms with Gasteiger partial charge in [-0.25, -0.2) is 9.77 Å². The Bertz CT molecular complexity index is 577. The third kappa shape index (κ3) is 3.30. The molecule has 0 amide bonds. The van der Waals surface area contributed by atoms with E-state index in [1.807, 2.05) is 0 Å². The minimum Gasteiger partial charge on any atom is -0.470 e. The van der Waals surface area contributed by atoms with Crippen LogP contribution in [0.2, 0.25) is 0 Å². The fraction of sp³-hybridized carbons (Fsp3) is 0.571. The molecule has 0 spiro atoms. The smallest absolute Gasteiger partial charge is 0.287 e. The maximum atomic E-state index is 10.8. The first-order chi connectivity index (χ1) is 8.89. The molecule has 1 heterocycles. The van der Waals surface area contributed by atoms with Crippen molar-refractivity contribution in [1.29, 1.82) is 0 Å². The van der Waals surface area contributed by atoms with Gasteiger partial charge in [0.2, 0.25) is 5.69 Å². The van der Waals surface area contributed by atoms with Gasteiger partial charge in [0, 0.05) is 18.9 Å². The Morgan fingerprint density at radius 3 is 2.79 bits per heavy atom. The molecule has 6 N–H and O–H groups in total. The monoisotopic (exact) mass is 292 g/mol. The van der Waals surface area contributed by atoms with E-state index in [1.54, 1.807) is 0 Å². The molecule has 1 aromatic heterocycles. The molecule has 1 aromatic rings. The summed E-state index contributed by atoms with van der Waals surface area (Å²) in [6, 6.07) is -0.285. The summed E-state index contributed by atoms with van der Waals surface area (Å²) in [5, 5.41) is 23.0. The topological polar surface area (TPSA) is 179 Å². The van der Waals surface area contributed by atoms with Crippen molar-refractivity contribution in [2.24, 2.45) is 16.0 Å². The molecule has 1 fully saturated rings. The van der Waals surface area contributed by atoms with E-state index >= 15 is 0 Å². The number of aromatic nitrogens is 2. The number of oxime groups is 1. The van der Waals surface area contributed by atoms with E-state index in [2.05, 4.69) is 24.8 Å². The van der Waals surface area contributed by atoms with Crippen molar-refractivity contribution in [1.82, 2.24) is 15.0 Å². The Morgan fingerprint density at radius 2 is 2.21 bits per heavy atom. The lowest BCUT2D eigenvalue weighted by atomic mass is 9.90. The van der Waals surface area contributed by atoms with Crippen LogP contribution in [0.4, 0.5) is 0 Å². The van der Waals surface area contributed by atoms with Gasteiger partial charge in [0.15, 0.2) is 5.84 Å². The lowest BCUT2D eigenvalue weighted by molar-refractivity contribution is 0.0847. The van der Waals surface area contributed by atoms with Gasteiger partial charge in [0.1, 0.15) is 6.10 Å². The van der Waals surface area contributed by atoms with Crippen LogP contribution >= 0.6 is 0 Å². The number of hydrogen-bond donors (Lipinski definition) is 4. The number of nitrogens with two attached hydrogens (primary N) is 2. The van der Waals surface area contributed by atoms with E-state index in [1.165, 1.54) is 0 Å². The van der Waals surface area contributed by atoms with E-state index in [4.69, 9.17) is 20.8 Å². The van der Waals surface area contributed by atoms with Crippen molar-refractivity contribution in [3.63, 3.8) is 0 Å². The number of nitrogens with one attached hydrogen (secondary N) is 1. The van der Waals surface area contributed by atoms with Crippen LogP contribution in [0.5, 0.6) is 5.88 Å². The lowest BCUT2D eigenvalue weighted by Crippen LogP contribution is -2.50. The molecule has 1 saturated carbocycles. The summed E-state index contributed by atoms with van der Waals surface area (Å²) in [5.41, 5.74) is 5.31. The molecule has 1 aliphatic carbocycles. The van der Waals surface area contributed by atoms with Crippen LogP contribution in [-0.4, -0.2) is 41.9 Å². The summed E-state index contributed by atoms with van der Waals surface area (Å²) in [6.45, 7) is 0. The molecule has 0 unspecified atom stereocenters. The highest BCUT2D eigenvalue weighted by Gasteiger charge is 2.34. The van der Waals surface area contributed by atoms with Gasteiger partial charge in [-0.15, -0.1) is 0 Å². The molecule has 0 aliphatic heterocycles. The first-order valence-corrected chi connectivity index (χ1v) is 6.71. The molecule has 2 rings (SSSR count). The zero-order valence-corrected chi connectivity index (χ0v) is 10.4. The number of hydrogen-bond acceptors (Lipinski definition) is 8. The fourth-order valence-electron chi connectivity index (χ4n) is 1.61. The van der Waals surface area contributed by atoms with Gasteiger partial charge in [0.25, 0.3) is 16.1 Å². The predicted molar refractivity (Wildman–Crippen MR) is 60.5 cm³/mol. The highest BCUT2D eigenvalue weighted by Crippen LogP contribution is 2.26. The largest absolute Gasteiger partial charge is 0.470 e. The number of ether oxygens (including phenoxy) is 1. The lowest BCUT2D eigenvalue weighted by Gasteiger charge is -2.34. The molecule has 19 heavy (non-hydrogen) atoms. The summed E-state index contributed by atoms with van der Waals surface area (Å²) in [7, 11) is -3.72. The number of amidine groups is 1. The van der Waals surface area contributed by atoms with Gasteiger partial charge in [-0.3, -0.25) is 0 Å². The average molecular weight is 292 g/mol. The average Bonchev–Trinajstić information content (AvgIpc) is 2.71. The maximum absolute atomic E-state index is 10.8. The minimum absolute atomic E-state index is 0.0191. The Morgan fingerprint density at radius 1 is 1.53 bits per heavy atom. The molecule has 0 radical (unpaired) electrons. The number of rotatable bonds is 5. The summed E-state index contributed by atoms with van der Waals surface area (Å²) in [6.07, 6.45) is 0.550. The van der Waals surface area contributed by atoms with Gasteiger partial charge in [-0.1, -0.05) is 5.16 Å². The SMILES string of the molecule is NC(=NO)c1nonc1OC1CC(NS(N)(=O)=O)C1. The van der Waals surface area contributed by atoms with Crippen LogP contribution in [0.25, 0.3) is 0 Å². The zero-order chi connectivity index (χ0) is 14.0. The summed E-state index contributed by atoms with van der Waals surface area (Å²) in [4.78, 5) is 0. The molecule has 11 nitrogen and oxygen atoms in total. The van der Waals surface area contributed by atoms with Crippen LogP contribution in [0, 0.1) is 0 Å². The first kappa shape index (κ1) is 13.5. The van der Waals surface area contributed by atoms with Crippen molar-refractivity contribution in [3.05, 3.63) is 5.69 Å². The predicted octanol–water partition coefficient (Wildman–Crippen LogP) is -2.13. The molecule has 0 aromatic carbocycles. The maximum Gasteiger partial charge on any atom is 0.287 e. The van der Waals surface area contributed by atoms with Crippen LogP contribution in [0.15, 0.2) is 9.78 Å². The standard InChI is InChI=1S/C7H12N6O5S/c8-6(10-14)5-7(12-18-11-5)17-4-1-3(2-4)13-19(9,15)16/h3-4,13-14H,1-2H2,(H2,8,10)(H2,9,15,16). The summed E-state index contributed by atoms with van der Waals surface area (Å²) < 4.78 is 33.6. The second kappa shape index (κ2) is 4.99. The second-order valence-electron chi connectivity index (χ2n) is 3.97. The summed E-state index contributed by atoms with van der Waals surface area (Å²) >= 11 is 0. The van der Waals surface area contributed by atoms with E-state index < -0.39 is 10.2 Å². The molecule has 1 aliphatic rings. The second-order valence-corrected chi connectivity index (χ2v) is 5.30. The van der Waals surface area contributed by atoms with Crippen molar-refractivity contribution >= 4 is 16.0 Å². The third-order valence-corrected chi connectivity index (χ3v) is 3.17. The minimum atomic E-state index is -3.72. The van der Waals surface area contributed by atoms with Crippen molar-refractivity contribution < 1.29 is 23.0 Å². The first-order valence-electron chi connectivity index (χ1n) is 5.16. The van der Waals surface area contributed by atoms with Gasteiger partial charge in [0.05, 0.1) is 0 Å². The Balaban J connectivity index is 1.90. The molecule has 0 atom stereocenters. The molecular formula is C7H12N6O5S. The molecule has 12 heteroatoms. The highest BCUT2D eigenvalue weighted by molar-refractivity contribution is 7.87. The molecule has 0 saturated heterocycles. The van der Waals surface area contributed by atoms with Gasteiger partial charge in [-0.05, 0) is 10.3 Å². The van der Waals surface area contributed by atoms with Gasteiger partial charge in [-0.2, -0.15) is 13.1 Å². The zero-order valence-electron chi connectivity index (χ0n) is 9.55. The van der Waals surface area contributed by atoms with E-state index in [0.29, 0.717) is 12.8 Å². The van der Waals surface area contributed by atoms with Crippen molar-refractivity contribution in [2.75, 3.05) is 0 Å². The Labute approximate surface area is 107 Å². The summed E-state index contributed by atoms with van der Waals surface area (Å²) in [5.74, 6) is -0.316. The van der Waals surface area contributed by atoms with Crippen LogP contribution in [0.1, 0.15) is 18.5 Å². The van der Waals surface area contributed by atoms with Crippen LogP contribution < -0.4 is 20.3 Å². The van der Waals surface area contributed by atoms with E-state index in [0.717, 1.165) is 0 Å². The molecule has 106 valence electrons. The van der Waals surface area contributed by atoms with E-state index in [9.17, 15) is 8.42 Å². The van der Waals surface area contributed by atoms with Crippen molar-refractivity contribution in [3.8, 4) is 5.88 Å². The van der Waals surface area contributed by atoms with Gasteiger partial charge < -0.3 is 15.7 Å². The fourth-order valence-corrected chi connectivity index (χ4v) is 2.27. The van der Waals surface area contributed by atoms with Crippen LogP contribution in [-0.2, 0) is 10.2 Å². The van der Waals surface area contributed by atoms with Gasteiger partial charge >= 0.3 is 0 Å². The normalized spacial score (nSPS) is 23.9. The molecule has 0 bridgehead atoms. The third-order valence-electron chi connectivity index (χ3n) is 2.51. The highest BCUT2D eigenvalue weighted by atomic mass is 32.2. The molecular weight excluding hydrogens is 280 g/mol. The Hall–Kier alpha value is -1.92. The van der Waals surface area contributed by atoms with E-state index in [-0.39, 0.29) is 29.6 Å². The van der Waals surface area contributed by atoms with Crippen LogP contribution in [0.3, 0.4) is 0 Å². The number of nitrogens with zero attached hydrogens (tertiary/aromatic N) is 3.